The minimum Gasteiger partial charge on any atom is -0.0648 e. The van der Waals surface area contributed by atoms with E-state index in [1.807, 2.05) is 0 Å². The van der Waals surface area contributed by atoms with E-state index in [2.05, 4.69) is 62.4 Å². The van der Waals surface area contributed by atoms with E-state index in [-0.39, 0.29) is 0 Å². The summed E-state index contributed by atoms with van der Waals surface area (Å²) >= 11 is 0. The average Bonchev–Trinajstić information content (AvgIpc) is 2.46. The Morgan fingerprint density at radius 1 is 0.900 bits per heavy atom. The standard InChI is InChI=1S/C20H24/c1-3-16(17-7-5-4-6-8-17)13-15(2)19-11-9-18-10-12-20(18)14-19/h4-9,11,14-16H,3,10,12-13H2,1-2H3. The van der Waals surface area contributed by atoms with E-state index in [1.54, 1.807) is 11.1 Å². The first kappa shape index (κ1) is 13.4. The summed E-state index contributed by atoms with van der Waals surface area (Å²) < 4.78 is 0. The van der Waals surface area contributed by atoms with Gasteiger partial charge < -0.3 is 0 Å². The Labute approximate surface area is 122 Å². The molecule has 0 radical (unpaired) electrons. The third kappa shape index (κ3) is 2.65. The highest BCUT2D eigenvalue weighted by Crippen LogP contribution is 2.34. The van der Waals surface area contributed by atoms with Gasteiger partial charge in [0.25, 0.3) is 0 Å². The van der Waals surface area contributed by atoms with Crippen LogP contribution < -0.4 is 0 Å². The summed E-state index contributed by atoms with van der Waals surface area (Å²) in [6, 6.07) is 18.1. The van der Waals surface area contributed by atoms with Crippen LogP contribution in [0.25, 0.3) is 0 Å². The molecule has 104 valence electrons. The summed E-state index contributed by atoms with van der Waals surface area (Å²) in [4.78, 5) is 0. The maximum absolute atomic E-state index is 2.45. The lowest BCUT2D eigenvalue weighted by atomic mass is 9.81. The third-order valence-corrected chi connectivity index (χ3v) is 4.86. The van der Waals surface area contributed by atoms with Crippen molar-refractivity contribution in [1.82, 2.24) is 0 Å². The second-order valence-electron chi connectivity index (χ2n) is 6.18. The van der Waals surface area contributed by atoms with Crippen LogP contribution in [0.5, 0.6) is 0 Å². The Balaban J connectivity index is 1.73. The number of benzene rings is 2. The van der Waals surface area contributed by atoms with Gasteiger partial charge in [0.2, 0.25) is 0 Å². The molecule has 2 aromatic carbocycles. The monoisotopic (exact) mass is 264 g/mol. The average molecular weight is 264 g/mol. The predicted molar refractivity (Wildman–Crippen MR) is 86.4 cm³/mol. The van der Waals surface area contributed by atoms with E-state index in [4.69, 9.17) is 0 Å². The highest BCUT2D eigenvalue weighted by atomic mass is 14.2. The van der Waals surface area contributed by atoms with Crippen molar-refractivity contribution < 1.29 is 0 Å². The van der Waals surface area contributed by atoms with Gasteiger partial charge in [0.1, 0.15) is 0 Å². The van der Waals surface area contributed by atoms with Crippen molar-refractivity contribution in [3.63, 3.8) is 0 Å². The van der Waals surface area contributed by atoms with Gasteiger partial charge in [-0.05, 0) is 59.8 Å². The lowest BCUT2D eigenvalue weighted by Crippen LogP contribution is -2.10. The SMILES string of the molecule is CCC(CC(C)c1ccc2c(c1)CC2)c1ccccc1. The third-order valence-electron chi connectivity index (χ3n) is 4.86. The largest absolute Gasteiger partial charge is 0.0648 e. The zero-order valence-corrected chi connectivity index (χ0v) is 12.6. The molecule has 0 amide bonds. The molecule has 0 heterocycles. The summed E-state index contributed by atoms with van der Waals surface area (Å²) in [5.41, 5.74) is 6.17. The van der Waals surface area contributed by atoms with Crippen molar-refractivity contribution >= 4 is 0 Å². The number of rotatable bonds is 5. The molecule has 2 atom stereocenters. The van der Waals surface area contributed by atoms with E-state index >= 15 is 0 Å². The van der Waals surface area contributed by atoms with Crippen molar-refractivity contribution in [2.45, 2.75) is 51.4 Å². The summed E-state index contributed by atoms with van der Waals surface area (Å²) in [5.74, 6) is 1.32. The van der Waals surface area contributed by atoms with Crippen LogP contribution >= 0.6 is 0 Å². The summed E-state index contributed by atoms with van der Waals surface area (Å²) in [5, 5.41) is 0. The van der Waals surface area contributed by atoms with Gasteiger partial charge in [-0.2, -0.15) is 0 Å². The second kappa shape index (κ2) is 5.83. The minimum atomic E-state index is 0.644. The predicted octanol–water partition coefficient (Wildman–Crippen LogP) is 5.47. The van der Waals surface area contributed by atoms with E-state index in [0.717, 1.165) is 0 Å². The second-order valence-corrected chi connectivity index (χ2v) is 6.18. The van der Waals surface area contributed by atoms with Crippen molar-refractivity contribution in [2.24, 2.45) is 0 Å². The molecule has 0 aliphatic heterocycles. The molecule has 1 aliphatic carbocycles. The highest BCUT2D eigenvalue weighted by molar-refractivity contribution is 5.39. The van der Waals surface area contributed by atoms with Gasteiger partial charge in [-0.3, -0.25) is 0 Å². The van der Waals surface area contributed by atoms with Crippen LogP contribution in [0, 0.1) is 0 Å². The number of hydrogen-bond donors (Lipinski definition) is 0. The molecule has 20 heavy (non-hydrogen) atoms. The van der Waals surface area contributed by atoms with Crippen molar-refractivity contribution in [3.05, 3.63) is 70.8 Å². The molecular weight excluding hydrogens is 240 g/mol. The van der Waals surface area contributed by atoms with Crippen LogP contribution in [-0.2, 0) is 12.8 Å². The van der Waals surface area contributed by atoms with Gasteiger partial charge >= 0.3 is 0 Å². The molecule has 0 N–H and O–H groups in total. The first-order chi connectivity index (χ1) is 9.78. The molecule has 2 unspecified atom stereocenters. The first-order valence-corrected chi connectivity index (χ1v) is 7.94. The number of aryl methyl sites for hydroxylation is 2. The molecule has 1 aliphatic rings. The topological polar surface area (TPSA) is 0 Å². The molecule has 0 aromatic heterocycles. The maximum Gasteiger partial charge on any atom is -0.0159 e. The molecule has 0 nitrogen and oxygen atoms in total. The molecule has 0 bridgehead atoms. The molecule has 2 aromatic rings. The van der Waals surface area contributed by atoms with E-state index in [9.17, 15) is 0 Å². The quantitative estimate of drug-likeness (QED) is 0.671. The van der Waals surface area contributed by atoms with E-state index in [0.29, 0.717) is 11.8 Å². The first-order valence-electron chi connectivity index (χ1n) is 7.94. The maximum atomic E-state index is 2.45. The summed E-state index contributed by atoms with van der Waals surface area (Å²) in [6.07, 6.45) is 5.04. The van der Waals surface area contributed by atoms with Crippen molar-refractivity contribution in [2.75, 3.05) is 0 Å². The molecule has 0 saturated carbocycles. The van der Waals surface area contributed by atoms with Gasteiger partial charge in [0, 0.05) is 0 Å². The van der Waals surface area contributed by atoms with Crippen molar-refractivity contribution in [3.8, 4) is 0 Å². The number of fused-ring (bicyclic) bond motifs is 1. The Morgan fingerprint density at radius 3 is 2.25 bits per heavy atom. The van der Waals surface area contributed by atoms with Crippen LogP contribution in [0.3, 0.4) is 0 Å². The molecule has 0 heteroatoms. The Hall–Kier alpha value is -1.56. The zero-order valence-electron chi connectivity index (χ0n) is 12.6. The van der Waals surface area contributed by atoms with Gasteiger partial charge in [-0.1, -0.05) is 62.4 Å². The van der Waals surface area contributed by atoms with Crippen LogP contribution in [0.4, 0.5) is 0 Å². The van der Waals surface area contributed by atoms with Crippen LogP contribution in [-0.4, -0.2) is 0 Å². The highest BCUT2D eigenvalue weighted by Gasteiger charge is 2.18. The zero-order chi connectivity index (χ0) is 13.9. The lowest BCUT2D eigenvalue weighted by molar-refractivity contribution is 0.543. The minimum absolute atomic E-state index is 0.644. The Kier molecular flexibility index (Phi) is 3.91. The molecule has 0 saturated heterocycles. The fourth-order valence-electron chi connectivity index (χ4n) is 3.35. The fourth-order valence-corrected chi connectivity index (χ4v) is 3.35. The Bertz CT molecular complexity index is 568. The Morgan fingerprint density at radius 2 is 1.65 bits per heavy atom. The lowest BCUT2D eigenvalue weighted by Gasteiger charge is -2.24. The molecule has 0 fully saturated rings. The molecule has 3 rings (SSSR count). The smallest absolute Gasteiger partial charge is 0.0159 e. The van der Waals surface area contributed by atoms with Gasteiger partial charge in [0.15, 0.2) is 0 Å². The van der Waals surface area contributed by atoms with Gasteiger partial charge in [0.05, 0.1) is 0 Å². The number of hydrogen-bond acceptors (Lipinski definition) is 0. The fraction of sp³-hybridized carbons (Fsp3) is 0.400. The van der Waals surface area contributed by atoms with E-state index < -0.39 is 0 Å². The normalized spacial score (nSPS) is 16.1. The van der Waals surface area contributed by atoms with Gasteiger partial charge in [-0.15, -0.1) is 0 Å². The van der Waals surface area contributed by atoms with Crippen molar-refractivity contribution in [1.29, 1.82) is 0 Å². The molecule has 0 spiro atoms. The molecular formula is C20H24. The van der Waals surface area contributed by atoms with Crippen LogP contribution in [0.2, 0.25) is 0 Å². The van der Waals surface area contributed by atoms with E-state index in [1.165, 1.54) is 36.8 Å². The van der Waals surface area contributed by atoms with Crippen LogP contribution in [0.1, 0.15) is 60.8 Å². The summed E-state index contributed by atoms with van der Waals surface area (Å²) in [6.45, 7) is 4.69. The van der Waals surface area contributed by atoms with Gasteiger partial charge in [-0.25, -0.2) is 0 Å². The summed E-state index contributed by atoms with van der Waals surface area (Å²) in [7, 11) is 0. The van der Waals surface area contributed by atoms with Crippen LogP contribution in [0.15, 0.2) is 48.5 Å².